The van der Waals surface area contributed by atoms with Crippen LogP contribution in [0.3, 0.4) is 0 Å². The van der Waals surface area contributed by atoms with Crippen molar-refractivity contribution in [3.63, 3.8) is 0 Å². The lowest BCUT2D eigenvalue weighted by Crippen LogP contribution is -2.15. The lowest BCUT2D eigenvalue weighted by atomic mass is 10.0. The molecule has 72 valence electrons. The summed E-state index contributed by atoms with van der Waals surface area (Å²) in [4.78, 5) is 8.32. The zero-order valence-electron chi connectivity index (χ0n) is 8.49. The molecule has 1 rings (SSSR count). The molecule has 0 aliphatic heterocycles. The van der Waals surface area contributed by atoms with Gasteiger partial charge < -0.3 is 5.73 Å². The summed E-state index contributed by atoms with van der Waals surface area (Å²) in [7, 11) is 0. The van der Waals surface area contributed by atoms with Gasteiger partial charge in [0.05, 0.1) is 5.69 Å². The van der Waals surface area contributed by atoms with Gasteiger partial charge in [0.25, 0.3) is 0 Å². The molecule has 13 heavy (non-hydrogen) atoms. The zero-order chi connectivity index (χ0) is 9.84. The molecule has 0 aromatic carbocycles. The van der Waals surface area contributed by atoms with E-state index >= 15 is 0 Å². The van der Waals surface area contributed by atoms with Crippen molar-refractivity contribution in [2.24, 2.45) is 11.7 Å². The molecule has 0 saturated heterocycles. The van der Waals surface area contributed by atoms with Gasteiger partial charge in [-0.1, -0.05) is 13.8 Å². The topological polar surface area (TPSA) is 51.8 Å². The second-order valence-electron chi connectivity index (χ2n) is 3.76. The maximum atomic E-state index is 5.97. The van der Waals surface area contributed by atoms with Gasteiger partial charge in [-0.25, -0.2) is 9.97 Å². The minimum Gasteiger partial charge on any atom is -0.323 e. The number of hydrogen-bond acceptors (Lipinski definition) is 3. The number of aromatic nitrogens is 2. The summed E-state index contributed by atoms with van der Waals surface area (Å²) in [6.07, 6.45) is 2.73. The van der Waals surface area contributed by atoms with E-state index in [1.54, 1.807) is 6.20 Å². The minimum atomic E-state index is 0.0432. The van der Waals surface area contributed by atoms with Crippen molar-refractivity contribution in [2.75, 3.05) is 0 Å². The minimum absolute atomic E-state index is 0.0432. The molecule has 0 spiro atoms. The van der Waals surface area contributed by atoms with Crippen LogP contribution in [0.15, 0.2) is 12.3 Å². The molecule has 0 aliphatic carbocycles. The van der Waals surface area contributed by atoms with Crippen molar-refractivity contribution >= 4 is 0 Å². The molecule has 0 aliphatic rings. The molecular weight excluding hydrogens is 162 g/mol. The Labute approximate surface area is 79.4 Å². The maximum absolute atomic E-state index is 5.97. The van der Waals surface area contributed by atoms with Gasteiger partial charge in [-0.3, -0.25) is 0 Å². The average molecular weight is 179 g/mol. The van der Waals surface area contributed by atoms with Crippen molar-refractivity contribution in [3.8, 4) is 0 Å². The van der Waals surface area contributed by atoms with E-state index in [9.17, 15) is 0 Å². The highest BCUT2D eigenvalue weighted by atomic mass is 14.9. The summed E-state index contributed by atoms with van der Waals surface area (Å²) in [6, 6.07) is 1.93. The summed E-state index contributed by atoms with van der Waals surface area (Å²) in [5, 5.41) is 0. The first-order valence-corrected chi connectivity index (χ1v) is 4.64. The third kappa shape index (κ3) is 3.11. The van der Waals surface area contributed by atoms with Crippen LogP contribution in [-0.2, 0) is 0 Å². The van der Waals surface area contributed by atoms with Crippen molar-refractivity contribution < 1.29 is 0 Å². The van der Waals surface area contributed by atoms with Crippen LogP contribution in [-0.4, -0.2) is 9.97 Å². The van der Waals surface area contributed by atoms with Gasteiger partial charge in [0.1, 0.15) is 5.82 Å². The lowest BCUT2D eigenvalue weighted by molar-refractivity contribution is 0.501. The Morgan fingerprint density at radius 2 is 2.15 bits per heavy atom. The number of rotatable bonds is 3. The molecule has 2 N–H and O–H groups in total. The van der Waals surface area contributed by atoms with E-state index < -0.39 is 0 Å². The monoisotopic (exact) mass is 179 g/mol. The van der Waals surface area contributed by atoms with Crippen LogP contribution in [0, 0.1) is 12.8 Å². The number of nitrogens with zero attached hydrogens (tertiary/aromatic N) is 2. The molecule has 0 saturated carbocycles. The molecule has 0 amide bonds. The van der Waals surface area contributed by atoms with E-state index in [0.717, 1.165) is 17.9 Å². The van der Waals surface area contributed by atoms with Crippen LogP contribution in [0.5, 0.6) is 0 Å². The van der Waals surface area contributed by atoms with Gasteiger partial charge in [0, 0.05) is 12.2 Å². The van der Waals surface area contributed by atoms with Gasteiger partial charge in [0.2, 0.25) is 0 Å². The Morgan fingerprint density at radius 1 is 1.46 bits per heavy atom. The van der Waals surface area contributed by atoms with E-state index in [1.165, 1.54) is 0 Å². The predicted molar refractivity (Wildman–Crippen MR) is 53.2 cm³/mol. The quantitative estimate of drug-likeness (QED) is 0.770. The largest absolute Gasteiger partial charge is 0.323 e. The lowest BCUT2D eigenvalue weighted by Gasteiger charge is -2.13. The molecule has 3 nitrogen and oxygen atoms in total. The van der Waals surface area contributed by atoms with Crippen LogP contribution in [0.4, 0.5) is 0 Å². The highest BCUT2D eigenvalue weighted by Crippen LogP contribution is 2.15. The molecule has 1 atom stereocenters. The highest BCUT2D eigenvalue weighted by molar-refractivity contribution is 5.06. The first-order chi connectivity index (χ1) is 6.09. The molecule has 1 aromatic rings. The van der Waals surface area contributed by atoms with Crippen molar-refractivity contribution in [2.45, 2.75) is 33.2 Å². The Bertz CT molecular complexity index is 271. The Kier molecular flexibility index (Phi) is 3.37. The van der Waals surface area contributed by atoms with E-state index in [-0.39, 0.29) is 6.04 Å². The van der Waals surface area contributed by atoms with Crippen molar-refractivity contribution in [1.29, 1.82) is 0 Å². The SMILES string of the molecule is Cc1nccc([C@H](N)CC(C)C)n1. The Balaban J connectivity index is 2.71. The van der Waals surface area contributed by atoms with Gasteiger partial charge in [-0.05, 0) is 25.3 Å². The summed E-state index contributed by atoms with van der Waals surface area (Å²) < 4.78 is 0. The van der Waals surface area contributed by atoms with Gasteiger partial charge in [-0.2, -0.15) is 0 Å². The molecule has 0 fully saturated rings. The Hall–Kier alpha value is -0.960. The summed E-state index contributed by atoms with van der Waals surface area (Å²) in [6.45, 7) is 6.20. The van der Waals surface area contributed by atoms with Crippen molar-refractivity contribution in [3.05, 3.63) is 23.8 Å². The molecule has 0 unspecified atom stereocenters. The van der Waals surface area contributed by atoms with Crippen LogP contribution >= 0.6 is 0 Å². The fraction of sp³-hybridized carbons (Fsp3) is 0.600. The molecular formula is C10H17N3. The normalized spacial score (nSPS) is 13.3. The van der Waals surface area contributed by atoms with Gasteiger partial charge in [0.15, 0.2) is 0 Å². The zero-order valence-corrected chi connectivity index (χ0v) is 8.49. The van der Waals surface area contributed by atoms with E-state index in [0.29, 0.717) is 5.92 Å². The number of aryl methyl sites for hydroxylation is 1. The fourth-order valence-electron chi connectivity index (χ4n) is 1.31. The number of nitrogens with two attached hydrogens (primary N) is 1. The number of hydrogen-bond donors (Lipinski definition) is 1. The summed E-state index contributed by atoms with van der Waals surface area (Å²) in [5.41, 5.74) is 6.92. The summed E-state index contributed by atoms with van der Waals surface area (Å²) >= 11 is 0. The van der Waals surface area contributed by atoms with Crippen LogP contribution in [0.2, 0.25) is 0 Å². The van der Waals surface area contributed by atoms with Crippen molar-refractivity contribution in [1.82, 2.24) is 9.97 Å². The van der Waals surface area contributed by atoms with Crippen LogP contribution < -0.4 is 5.73 Å². The summed E-state index contributed by atoms with van der Waals surface area (Å²) in [5.74, 6) is 1.39. The third-order valence-electron chi connectivity index (χ3n) is 1.90. The van der Waals surface area contributed by atoms with E-state index in [2.05, 4.69) is 23.8 Å². The van der Waals surface area contributed by atoms with E-state index in [1.807, 2.05) is 13.0 Å². The molecule has 3 heteroatoms. The van der Waals surface area contributed by atoms with Gasteiger partial charge in [-0.15, -0.1) is 0 Å². The van der Waals surface area contributed by atoms with E-state index in [4.69, 9.17) is 5.73 Å². The highest BCUT2D eigenvalue weighted by Gasteiger charge is 2.09. The molecule has 0 bridgehead atoms. The fourth-order valence-corrected chi connectivity index (χ4v) is 1.31. The first-order valence-electron chi connectivity index (χ1n) is 4.64. The second kappa shape index (κ2) is 4.33. The molecule has 1 aromatic heterocycles. The predicted octanol–water partition coefficient (Wildman–Crippen LogP) is 1.83. The van der Waals surface area contributed by atoms with Crippen LogP contribution in [0.1, 0.15) is 37.8 Å². The van der Waals surface area contributed by atoms with Gasteiger partial charge >= 0.3 is 0 Å². The second-order valence-corrected chi connectivity index (χ2v) is 3.76. The Morgan fingerprint density at radius 3 is 2.69 bits per heavy atom. The molecule has 1 heterocycles. The van der Waals surface area contributed by atoms with Crippen LogP contribution in [0.25, 0.3) is 0 Å². The molecule has 0 radical (unpaired) electrons. The maximum Gasteiger partial charge on any atom is 0.125 e. The smallest absolute Gasteiger partial charge is 0.125 e. The third-order valence-corrected chi connectivity index (χ3v) is 1.90. The first kappa shape index (κ1) is 10.1. The average Bonchev–Trinajstić information content (AvgIpc) is 2.03. The standard InChI is InChI=1S/C10H17N3/c1-7(2)6-9(11)10-4-5-12-8(3)13-10/h4-5,7,9H,6,11H2,1-3H3/t9-/m1/s1.